The van der Waals surface area contributed by atoms with Crippen molar-refractivity contribution in [3.63, 3.8) is 0 Å². The minimum atomic E-state index is 0.431. The van der Waals surface area contributed by atoms with Gasteiger partial charge in [-0.05, 0) is 0 Å². The van der Waals surface area contributed by atoms with Gasteiger partial charge in [0.2, 0.25) is 6.29 Å². The van der Waals surface area contributed by atoms with E-state index in [0.29, 0.717) is 11.3 Å². The maximum Gasteiger partial charge on any atom is 0.205 e. The van der Waals surface area contributed by atoms with E-state index in [4.69, 9.17) is 5.41 Å². The quantitative estimate of drug-likeness (QED) is 0.405. The van der Waals surface area contributed by atoms with Gasteiger partial charge in [0.15, 0.2) is 5.71 Å². The highest BCUT2D eigenvalue weighted by atomic mass is 16.1. The van der Waals surface area contributed by atoms with E-state index < -0.39 is 0 Å². The molecule has 0 aromatic carbocycles. The van der Waals surface area contributed by atoms with Gasteiger partial charge in [-0.2, -0.15) is 0 Å². The summed E-state index contributed by atoms with van der Waals surface area (Å²) in [5.74, 6) is 0. The van der Waals surface area contributed by atoms with Crippen LogP contribution in [0.4, 0.5) is 0 Å². The van der Waals surface area contributed by atoms with Gasteiger partial charge in [-0.15, -0.1) is 0 Å². The molecule has 0 aromatic heterocycles. The van der Waals surface area contributed by atoms with Crippen molar-refractivity contribution in [3.05, 3.63) is 30.2 Å². The molecule has 0 saturated carbocycles. The molecule has 9 heavy (non-hydrogen) atoms. The van der Waals surface area contributed by atoms with E-state index in [1.54, 1.807) is 24.6 Å². The topological polar surface area (TPSA) is 40.9 Å². The first-order chi connectivity index (χ1) is 4.33. The number of hydrogen-bond acceptors (Lipinski definition) is 2. The number of carbonyl (C=O) groups is 1. The van der Waals surface area contributed by atoms with Crippen LogP contribution in [0.2, 0.25) is 0 Å². The van der Waals surface area contributed by atoms with Crippen molar-refractivity contribution in [2.75, 3.05) is 0 Å². The maximum absolute atomic E-state index is 10.1. The number of allylic oxidation sites excluding steroid dienone is 4. The predicted molar refractivity (Wildman–Crippen MR) is 35.3 cm³/mol. The van der Waals surface area contributed by atoms with Crippen LogP contribution in [0.3, 0.4) is 0 Å². The Morgan fingerprint density at radius 1 is 1.56 bits per heavy atom. The number of rotatable bonds is 1. The molecule has 1 rings (SSSR count). The van der Waals surface area contributed by atoms with Gasteiger partial charge in [-0.1, -0.05) is 0 Å². The Balaban J connectivity index is 2.73. The minimum Gasteiger partial charge on any atom is -0.282 e. The fourth-order valence-corrected chi connectivity index (χ4v) is 0.562. The molecule has 0 heterocycles. The molecule has 0 aromatic rings. The van der Waals surface area contributed by atoms with Gasteiger partial charge < -0.3 is 0 Å². The Hall–Kier alpha value is -1.31. The molecule has 1 aliphatic rings. The molecular formula is C7H6NO+. The van der Waals surface area contributed by atoms with Gasteiger partial charge in [0.05, 0.1) is 24.6 Å². The Bertz CT molecular complexity index is 201. The normalized spacial score (nSPS) is 16.4. The van der Waals surface area contributed by atoms with Crippen LogP contribution in [0.5, 0.6) is 0 Å². The first-order valence-corrected chi connectivity index (χ1v) is 2.60. The Morgan fingerprint density at radius 3 is 2.78 bits per heavy atom. The van der Waals surface area contributed by atoms with Gasteiger partial charge in [-0.25, -0.2) is 0 Å². The number of hydrogen-bond donors (Lipinski definition) is 1. The smallest absolute Gasteiger partial charge is 0.205 e. The molecule has 0 aliphatic heterocycles. The highest BCUT2D eigenvalue weighted by Crippen LogP contribution is 2.02. The highest BCUT2D eigenvalue weighted by Gasteiger charge is 2.07. The lowest BCUT2D eigenvalue weighted by Gasteiger charge is -1.88. The largest absolute Gasteiger partial charge is 0.282 e. The average Bonchev–Trinajstić information content (AvgIpc) is 1.90. The van der Waals surface area contributed by atoms with Gasteiger partial charge in [0, 0.05) is 0 Å². The summed E-state index contributed by atoms with van der Waals surface area (Å²) in [6, 6.07) is 0. The molecule has 2 heteroatoms. The van der Waals surface area contributed by atoms with Crippen LogP contribution in [0.15, 0.2) is 23.8 Å². The van der Waals surface area contributed by atoms with E-state index in [-0.39, 0.29) is 0 Å². The monoisotopic (exact) mass is 120 g/mol. The van der Waals surface area contributed by atoms with E-state index in [1.807, 2.05) is 0 Å². The third-order valence-corrected chi connectivity index (χ3v) is 1.05. The molecule has 0 amide bonds. The second-order valence-corrected chi connectivity index (χ2v) is 1.74. The molecule has 0 fully saturated rings. The molecule has 44 valence electrons. The third kappa shape index (κ3) is 1.29. The summed E-state index contributed by atoms with van der Waals surface area (Å²) in [5.41, 5.74) is 1.05. The van der Waals surface area contributed by atoms with Crippen molar-refractivity contribution in [2.45, 2.75) is 0 Å². The van der Waals surface area contributed by atoms with Crippen LogP contribution >= 0.6 is 0 Å². The summed E-state index contributed by atoms with van der Waals surface area (Å²) in [5, 5.41) is 7.05. The van der Waals surface area contributed by atoms with Gasteiger partial charge in [0.1, 0.15) is 5.57 Å². The van der Waals surface area contributed by atoms with Gasteiger partial charge in [0.25, 0.3) is 0 Å². The Kier molecular flexibility index (Phi) is 1.49. The fourth-order valence-electron chi connectivity index (χ4n) is 0.562. The molecule has 0 saturated heterocycles. The highest BCUT2D eigenvalue weighted by molar-refractivity contribution is 6.04. The maximum atomic E-state index is 10.1. The lowest BCUT2D eigenvalue weighted by molar-refractivity contribution is -0.104. The summed E-state index contributed by atoms with van der Waals surface area (Å²) in [4.78, 5) is 10.1. The minimum absolute atomic E-state index is 0.431. The number of nitrogens with one attached hydrogen (secondary N) is 1. The summed E-state index contributed by atoms with van der Waals surface area (Å²) in [6.07, 6.45) is 7.18. The molecule has 0 bridgehead atoms. The van der Waals surface area contributed by atoms with E-state index in [0.717, 1.165) is 6.29 Å². The zero-order valence-corrected chi connectivity index (χ0v) is 4.79. The second kappa shape index (κ2) is 2.31. The van der Waals surface area contributed by atoms with Crippen molar-refractivity contribution in [1.82, 2.24) is 0 Å². The van der Waals surface area contributed by atoms with Gasteiger partial charge >= 0.3 is 0 Å². The zero-order valence-electron chi connectivity index (χ0n) is 4.79. The number of aldehydes is 1. The van der Waals surface area contributed by atoms with Crippen LogP contribution < -0.4 is 0 Å². The van der Waals surface area contributed by atoms with Crippen LogP contribution in [0, 0.1) is 11.8 Å². The Morgan fingerprint density at radius 2 is 2.33 bits per heavy atom. The van der Waals surface area contributed by atoms with E-state index in [2.05, 4.69) is 0 Å². The zero-order chi connectivity index (χ0) is 6.69. The molecule has 0 radical (unpaired) electrons. The first-order valence-electron chi connectivity index (χ1n) is 2.60. The van der Waals surface area contributed by atoms with Crippen molar-refractivity contribution in [2.24, 2.45) is 0 Å². The lowest BCUT2D eigenvalue weighted by Crippen LogP contribution is -1.96. The molecule has 0 unspecified atom stereocenters. The molecule has 2 nitrogen and oxygen atoms in total. The van der Waals surface area contributed by atoms with Crippen LogP contribution in [0.25, 0.3) is 0 Å². The second-order valence-electron chi connectivity index (χ2n) is 1.74. The Labute approximate surface area is 53.4 Å². The predicted octanol–water partition coefficient (Wildman–Crippen LogP) is 0.906. The van der Waals surface area contributed by atoms with Crippen molar-refractivity contribution < 1.29 is 4.79 Å². The lowest BCUT2D eigenvalue weighted by atomic mass is 10.1. The molecular weight excluding hydrogens is 114 g/mol. The van der Waals surface area contributed by atoms with Crippen molar-refractivity contribution in [3.8, 4) is 0 Å². The summed E-state index contributed by atoms with van der Waals surface area (Å²) >= 11 is 0. The molecule has 0 atom stereocenters. The standard InChI is InChI=1S/C7H6NO/c8-7-3-1-6(5-9)2-4-7/h1-5,8H/q+1. The molecule has 1 aliphatic carbocycles. The van der Waals surface area contributed by atoms with Crippen molar-refractivity contribution >= 4 is 12.0 Å². The molecule has 1 N–H and O–H groups in total. The SMILES string of the molecule is N=C1C=CC(C=O)=C[CH+]1. The third-order valence-electron chi connectivity index (χ3n) is 1.05. The first kappa shape index (κ1) is 5.82. The summed E-state index contributed by atoms with van der Waals surface area (Å²) in [6.45, 7) is 0. The van der Waals surface area contributed by atoms with E-state index in [9.17, 15) is 4.79 Å². The average molecular weight is 120 g/mol. The summed E-state index contributed by atoms with van der Waals surface area (Å²) in [7, 11) is 0. The summed E-state index contributed by atoms with van der Waals surface area (Å²) < 4.78 is 0. The number of carbonyl (C=O) groups excluding carboxylic acids is 1. The van der Waals surface area contributed by atoms with Crippen LogP contribution in [-0.2, 0) is 4.79 Å². The van der Waals surface area contributed by atoms with Crippen LogP contribution in [-0.4, -0.2) is 12.0 Å². The van der Waals surface area contributed by atoms with E-state index >= 15 is 0 Å². The van der Waals surface area contributed by atoms with E-state index in [1.165, 1.54) is 0 Å². The van der Waals surface area contributed by atoms with Crippen molar-refractivity contribution in [1.29, 1.82) is 5.41 Å². The van der Waals surface area contributed by atoms with Crippen LogP contribution in [0.1, 0.15) is 0 Å². The van der Waals surface area contributed by atoms with Gasteiger partial charge in [-0.3, -0.25) is 10.2 Å². The fraction of sp³-hybridized carbons (Fsp3) is 0. The molecule has 0 spiro atoms.